The second kappa shape index (κ2) is 7.67. The molecule has 0 spiro atoms. The van der Waals surface area contributed by atoms with E-state index in [-0.39, 0.29) is 24.8 Å². The second-order valence-corrected chi connectivity index (χ2v) is 6.57. The highest BCUT2D eigenvalue weighted by atomic mass is 32.2. The van der Waals surface area contributed by atoms with Crippen LogP contribution in [0.5, 0.6) is 0 Å². The van der Waals surface area contributed by atoms with Crippen molar-refractivity contribution in [2.24, 2.45) is 5.92 Å². The van der Waals surface area contributed by atoms with Crippen LogP contribution in [0.25, 0.3) is 0 Å². The van der Waals surface area contributed by atoms with Gasteiger partial charge in [-0.15, -0.1) is 0 Å². The largest absolute Gasteiger partial charge is 0.399 e. The topological polar surface area (TPSA) is 92.4 Å². The Kier molecular flexibility index (Phi) is 6.50. The minimum Gasteiger partial charge on any atom is -0.399 e. The molecule has 1 aromatic rings. The lowest BCUT2D eigenvalue weighted by molar-refractivity contribution is 0.251. The number of hydrogen-bond acceptors (Lipinski definition) is 4. The maximum Gasteiger partial charge on any atom is 0.243 e. The van der Waals surface area contributed by atoms with Crippen LogP contribution in [0, 0.1) is 17.6 Å². The van der Waals surface area contributed by atoms with Crippen molar-refractivity contribution < 1.29 is 22.3 Å². The van der Waals surface area contributed by atoms with Crippen molar-refractivity contribution in [3.8, 4) is 0 Å². The molecule has 0 heterocycles. The van der Waals surface area contributed by atoms with Crippen LogP contribution in [0.2, 0.25) is 0 Å². The zero-order chi connectivity index (χ0) is 16.0. The van der Waals surface area contributed by atoms with Gasteiger partial charge in [0.2, 0.25) is 10.0 Å². The summed E-state index contributed by atoms with van der Waals surface area (Å²) in [6.45, 7) is 1.92. The summed E-state index contributed by atoms with van der Waals surface area (Å²) in [4.78, 5) is -0.806. The molecule has 4 N–H and O–H groups in total. The third-order valence-electron chi connectivity index (χ3n) is 3.10. The summed E-state index contributed by atoms with van der Waals surface area (Å²) in [5.41, 5.74) is 5.17. The number of nitrogens with two attached hydrogens (primary N) is 1. The number of aliphatic hydroxyl groups is 1. The molecule has 1 aromatic carbocycles. The average molecular weight is 322 g/mol. The molecule has 8 heteroatoms. The maximum atomic E-state index is 13.6. The average Bonchev–Trinajstić information content (AvgIpc) is 2.40. The monoisotopic (exact) mass is 322 g/mol. The number of halogens is 2. The van der Waals surface area contributed by atoms with Gasteiger partial charge in [0.1, 0.15) is 4.90 Å². The molecule has 0 saturated carbocycles. The molecular weight excluding hydrogens is 302 g/mol. The standard InChI is InChI=1S/C13H20F2N2O3S/c1-2-3-9(4-5-18)8-17-21(19,20)12-7-10(16)6-11(14)13(12)15/h6-7,9,17-18H,2-5,8,16H2,1H3. The Morgan fingerprint density at radius 1 is 1.33 bits per heavy atom. The summed E-state index contributed by atoms with van der Waals surface area (Å²) < 4.78 is 53.1. The fraction of sp³-hybridized carbons (Fsp3) is 0.538. The number of nitrogens with one attached hydrogen (secondary N) is 1. The van der Waals surface area contributed by atoms with E-state index in [9.17, 15) is 17.2 Å². The van der Waals surface area contributed by atoms with Gasteiger partial charge in [0.25, 0.3) is 0 Å². The molecule has 0 radical (unpaired) electrons. The normalized spacial score (nSPS) is 13.3. The van der Waals surface area contributed by atoms with E-state index in [0.717, 1.165) is 25.0 Å². The first-order chi connectivity index (χ1) is 9.81. The zero-order valence-electron chi connectivity index (χ0n) is 11.8. The fourth-order valence-corrected chi connectivity index (χ4v) is 3.26. The summed E-state index contributed by atoms with van der Waals surface area (Å²) in [6, 6.07) is 1.60. The lowest BCUT2D eigenvalue weighted by atomic mass is 10.0. The molecule has 21 heavy (non-hydrogen) atoms. The van der Waals surface area contributed by atoms with Crippen LogP contribution in [0.1, 0.15) is 26.2 Å². The van der Waals surface area contributed by atoms with Crippen molar-refractivity contribution in [2.75, 3.05) is 18.9 Å². The van der Waals surface area contributed by atoms with Gasteiger partial charge in [-0.3, -0.25) is 0 Å². The van der Waals surface area contributed by atoms with Gasteiger partial charge in [-0.05, 0) is 30.9 Å². The van der Waals surface area contributed by atoms with Crippen molar-refractivity contribution in [3.05, 3.63) is 23.8 Å². The van der Waals surface area contributed by atoms with Crippen molar-refractivity contribution in [3.63, 3.8) is 0 Å². The molecular formula is C13H20F2N2O3S. The van der Waals surface area contributed by atoms with Crippen LogP contribution in [-0.2, 0) is 10.0 Å². The first-order valence-electron chi connectivity index (χ1n) is 6.66. The van der Waals surface area contributed by atoms with E-state index < -0.39 is 26.6 Å². The molecule has 0 saturated heterocycles. The molecule has 120 valence electrons. The predicted molar refractivity (Wildman–Crippen MR) is 76.1 cm³/mol. The Labute approximate surface area is 123 Å². The van der Waals surface area contributed by atoms with Crippen LogP contribution in [-0.4, -0.2) is 26.7 Å². The third kappa shape index (κ3) is 4.90. The number of sulfonamides is 1. The summed E-state index contributed by atoms with van der Waals surface area (Å²) >= 11 is 0. The van der Waals surface area contributed by atoms with Gasteiger partial charge in [0, 0.05) is 18.8 Å². The highest BCUT2D eigenvalue weighted by Crippen LogP contribution is 2.21. The van der Waals surface area contributed by atoms with Gasteiger partial charge >= 0.3 is 0 Å². The lowest BCUT2D eigenvalue weighted by Crippen LogP contribution is -2.30. The Hall–Kier alpha value is -1.25. The Bertz CT molecular complexity index is 573. The van der Waals surface area contributed by atoms with E-state index >= 15 is 0 Å². The summed E-state index contributed by atoms with van der Waals surface area (Å²) in [5, 5.41) is 8.92. The third-order valence-corrected chi connectivity index (χ3v) is 4.53. The van der Waals surface area contributed by atoms with Crippen molar-refractivity contribution in [2.45, 2.75) is 31.1 Å². The maximum absolute atomic E-state index is 13.6. The van der Waals surface area contributed by atoms with E-state index in [2.05, 4.69) is 4.72 Å². The van der Waals surface area contributed by atoms with Crippen LogP contribution < -0.4 is 10.5 Å². The fourth-order valence-electron chi connectivity index (χ4n) is 2.02. The predicted octanol–water partition coefficient (Wildman–Crippen LogP) is 1.62. The minimum atomic E-state index is -4.19. The molecule has 5 nitrogen and oxygen atoms in total. The molecule has 1 unspecified atom stereocenters. The molecule has 0 aliphatic rings. The smallest absolute Gasteiger partial charge is 0.243 e. The van der Waals surface area contributed by atoms with Gasteiger partial charge in [-0.25, -0.2) is 21.9 Å². The van der Waals surface area contributed by atoms with Gasteiger partial charge in [-0.2, -0.15) is 0 Å². The first kappa shape index (κ1) is 17.8. The van der Waals surface area contributed by atoms with E-state index in [1.807, 2.05) is 6.92 Å². The van der Waals surface area contributed by atoms with Crippen molar-refractivity contribution in [1.82, 2.24) is 4.72 Å². The van der Waals surface area contributed by atoms with Crippen LogP contribution in [0.4, 0.5) is 14.5 Å². The molecule has 0 aliphatic carbocycles. The SMILES string of the molecule is CCCC(CCO)CNS(=O)(=O)c1cc(N)cc(F)c1F. The molecule has 1 rings (SSSR count). The quantitative estimate of drug-likeness (QED) is 0.634. The number of rotatable bonds is 8. The molecule has 0 aliphatic heterocycles. The number of aliphatic hydroxyl groups excluding tert-OH is 1. The van der Waals surface area contributed by atoms with Gasteiger partial charge < -0.3 is 10.8 Å². The highest BCUT2D eigenvalue weighted by molar-refractivity contribution is 7.89. The van der Waals surface area contributed by atoms with Crippen LogP contribution in [0.3, 0.4) is 0 Å². The summed E-state index contributed by atoms with van der Waals surface area (Å²) in [6.07, 6.45) is 1.98. The second-order valence-electron chi connectivity index (χ2n) is 4.83. The van der Waals surface area contributed by atoms with Gasteiger partial charge in [-0.1, -0.05) is 13.3 Å². The van der Waals surface area contributed by atoms with E-state index in [1.54, 1.807) is 0 Å². The molecule has 0 amide bonds. The van der Waals surface area contributed by atoms with E-state index in [4.69, 9.17) is 10.8 Å². The van der Waals surface area contributed by atoms with Gasteiger partial charge in [0.05, 0.1) is 0 Å². The summed E-state index contributed by atoms with van der Waals surface area (Å²) in [5.74, 6) is -2.83. The lowest BCUT2D eigenvalue weighted by Gasteiger charge is -2.16. The Morgan fingerprint density at radius 3 is 2.57 bits per heavy atom. The molecule has 0 bridgehead atoms. The molecule has 0 aromatic heterocycles. The summed E-state index contributed by atoms with van der Waals surface area (Å²) in [7, 11) is -4.19. The number of anilines is 1. The first-order valence-corrected chi connectivity index (χ1v) is 8.15. The van der Waals surface area contributed by atoms with Crippen molar-refractivity contribution >= 4 is 15.7 Å². The Balaban J connectivity index is 2.91. The number of nitrogen functional groups attached to an aromatic ring is 1. The van der Waals surface area contributed by atoms with Crippen LogP contribution >= 0.6 is 0 Å². The minimum absolute atomic E-state index is 0.0482. The molecule has 0 fully saturated rings. The van der Waals surface area contributed by atoms with Crippen LogP contribution in [0.15, 0.2) is 17.0 Å². The number of benzene rings is 1. The Morgan fingerprint density at radius 2 is 2.00 bits per heavy atom. The van der Waals surface area contributed by atoms with Gasteiger partial charge in [0.15, 0.2) is 11.6 Å². The van der Waals surface area contributed by atoms with E-state index in [1.165, 1.54) is 0 Å². The number of hydrogen-bond donors (Lipinski definition) is 3. The van der Waals surface area contributed by atoms with E-state index in [0.29, 0.717) is 6.42 Å². The zero-order valence-corrected chi connectivity index (χ0v) is 12.6. The molecule has 1 atom stereocenters. The van der Waals surface area contributed by atoms with Crippen molar-refractivity contribution in [1.29, 1.82) is 0 Å². The highest BCUT2D eigenvalue weighted by Gasteiger charge is 2.23.